The van der Waals surface area contributed by atoms with Crippen LogP contribution in [-0.2, 0) is 0 Å². The normalized spacial score (nSPS) is 25.4. The van der Waals surface area contributed by atoms with E-state index in [4.69, 9.17) is 5.11 Å². The van der Waals surface area contributed by atoms with Gasteiger partial charge in [-0.1, -0.05) is 28.1 Å². The first-order valence-corrected chi connectivity index (χ1v) is 7.10. The van der Waals surface area contributed by atoms with Crippen molar-refractivity contribution in [3.8, 4) is 0 Å². The fraction of sp³-hybridized carbons (Fsp3) is 0.571. The maximum atomic E-state index is 8.86. The Balaban J connectivity index is 1.79. The van der Waals surface area contributed by atoms with Gasteiger partial charge in [0.25, 0.3) is 0 Å². The summed E-state index contributed by atoms with van der Waals surface area (Å²) in [6, 6.07) is 9.66. The Kier molecular flexibility index (Phi) is 4.60. The van der Waals surface area contributed by atoms with Crippen LogP contribution in [0.5, 0.6) is 0 Å². The molecular weight excluding hydrogens is 278 g/mol. The highest BCUT2D eigenvalue weighted by atomic mass is 79.9. The standard InChI is InChI=1S/C14H20BrNO/c1-10(5-6-17)16-14-8-12(9-14)11-3-2-4-13(15)7-11/h2-4,7,10,12,14,16-17H,5-6,8-9H2,1H3. The molecule has 1 aliphatic carbocycles. The third-order valence-corrected chi connectivity index (χ3v) is 4.03. The highest BCUT2D eigenvalue weighted by Gasteiger charge is 2.30. The van der Waals surface area contributed by atoms with Crippen LogP contribution in [0.1, 0.15) is 37.7 Å². The molecule has 1 fully saturated rings. The van der Waals surface area contributed by atoms with Crippen LogP contribution in [0.15, 0.2) is 28.7 Å². The van der Waals surface area contributed by atoms with Gasteiger partial charge in [-0.3, -0.25) is 0 Å². The lowest BCUT2D eigenvalue weighted by Gasteiger charge is -2.38. The summed E-state index contributed by atoms with van der Waals surface area (Å²) in [5.41, 5.74) is 1.44. The molecule has 1 unspecified atom stereocenters. The summed E-state index contributed by atoms with van der Waals surface area (Å²) in [5, 5.41) is 12.4. The Bertz CT molecular complexity index is 363. The molecular formula is C14H20BrNO. The molecule has 1 saturated carbocycles. The van der Waals surface area contributed by atoms with Crippen LogP contribution in [0.3, 0.4) is 0 Å². The Labute approximate surface area is 112 Å². The van der Waals surface area contributed by atoms with E-state index in [-0.39, 0.29) is 6.61 Å². The first kappa shape index (κ1) is 13.1. The molecule has 0 saturated heterocycles. The summed E-state index contributed by atoms with van der Waals surface area (Å²) >= 11 is 3.52. The number of hydrogen-bond acceptors (Lipinski definition) is 2. The monoisotopic (exact) mass is 297 g/mol. The van der Waals surface area contributed by atoms with E-state index >= 15 is 0 Å². The average Bonchev–Trinajstić information content (AvgIpc) is 2.23. The molecule has 0 aromatic heterocycles. The van der Waals surface area contributed by atoms with Crippen LogP contribution in [-0.4, -0.2) is 23.8 Å². The van der Waals surface area contributed by atoms with E-state index in [9.17, 15) is 0 Å². The Hall–Kier alpha value is -0.380. The maximum absolute atomic E-state index is 8.86. The summed E-state index contributed by atoms with van der Waals surface area (Å²) in [6.45, 7) is 2.42. The van der Waals surface area contributed by atoms with Crippen molar-refractivity contribution in [3.63, 3.8) is 0 Å². The van der Waals surface area contributed by atoms with E-state index in [1.807, 2.05) is 0 Å². The van der Waals surface area contributed by atoms with Gasteiger partial charge in [0.05, 0.1) is 0 Å². The second-order valence-corrected chi connectivity index (χ2v) is 5.92. The number of halogens is 1. The molecule has 1 aromatic carbocycles. The van der Waals surface area contributed by atoms with Crippen LogP contribution in [0, 0.1) is 0 Å². The highest BCUT2D eigenvalue weighted by Crippen LogP contribution is 2.37. The van der Waals surface area contributed by atoms with Crippen LogP contribution >= 0.6 is 15.9 Å². The van der Waals surface area contributed by atoms with E-state index < -0.39 is 0 Å². The van der Waals surface area contributed by atoms with Crippen LogP contribution < -0.4 is 5.32 Å². The van der Waals surface area contributed by atoms with Gasteiger partial charge in [-0.05, 0) is 49.8 Å². The quantitative estimate of drug-likeness (QED) is 0.875. The van der Waals surface area contributed by atoms with E-state index in [0.29, 0.717) is 18.0 Å². The number of hydrogen-bond donors (Lipinski definition) is 2. The third kappa shape index (κ3) is 3.54. The van der Waals surface area contributed by atoms with E-state index in [1.165, 1.54) is 22.9 Å². The lowest BCUT2D eigenvalue weighted by molar-refractivity contribution is 0.230. The zero-order valence-corrected chi connectivity index (χ0v) is 11.8. The number of benzene rings is 1. The van der Waals surface area contributed by atoms with E-state index in [1.54, 1.807) is 0 Å². The average molecular weight is 298 g/mol. The smallest absolute Gasteiger partial charge is 0.0445 e. The van der Waals surface area contributed by atoms with Crippen LogP contribution in [0.4, 0.5) is 0 Å². The van der Waals surface area contributed by atoms with Crippen molar-refractivity contribution in [1.29, 1.82) is 0 Å². The molecule has 1 aromatic rings. The molecule has 0 heterocycles. The first-order chi connectivity index (χ1) is 8.19. The molecule has 3 heteroatoms. The van der Waals surface area contributed by atoms with Gasteiger partial charge in [-0.25, -0.2) is 0 Å². The minimum atomic E-state index is 0.274. The number of aliphatic hydroxyl groups excluding tert-OH is 1. The lowest BCUT2D eigenvalue weighted by Crippen LogP contribution is -2.44. The van der Waals surface area contributed by atoms with Gasteiger partial charge in [-0.15, -0.1) is 0 Å². The van der Waals surface area contributed by atoms with Crippen molar-refractivity contribution in [2.24, 2.45) is 0 Å². The number of nitrogens with one attached hydrogen (secondary N) is 1. The van der Waals surface area contributed by atoms with Crippen molar-refractivity contribution in [1.82, 2.24) is 5.32 Å². The molecule has 0 spiro atoms. The van der Waals surface area contributed by atoms with Crippen molar-refractivity contribution in [2.45, 2.75) is 44.2 Å². The second kappa shape index (κ2) is 5.98. The molecule has 17 heavy (non-hydrogen) atoms. The molecule has 1 atom stereocenters. The topological polar surface area (TPSA) is 32.3 Å². The van der Waals surface area contributed by atoms with Crippen molar-refractivity contribution >= 4 is 15.9 Å². The SMILES string of the molecule is CC(CCO)NC1CC(c2cccc(Br)c2)C1. The molecule has 2 nitrogen and oxygen atoms in total. The predicted molar refractivity (Wildman–Crippen MR) is 74.2 cm³/mol. The Morgan fingerprint density at radius 3 is 2.88 bits per heavy atom. The minimum Gasteiger partial charge on any atom is -0.396 e. The van der Waals surface area contributed by atoms with Gasteiger partial charge in [0, 0.05) is 23.2 Å². The van der Waals surface area contributed by atoms with Crippen LogP contribution in [0.25, 0.3) is 0 Å². The largest absolute Gasteiger partial charge is 0.396 e. The maximum Gasteiger partial charge on any atom is 0.0445 e. The van der Waals surface area contributed by atoms with E-state index in [0.717, 1.165) is 6.42 Å². The molecule has 1 aliphatic rings. The highest BCUT2D eigenvalue weighted by molar-refractivity contribution is 9.10. The zero-order chi connectivity index (χ0) is 12.3. The fourth-order valence-electron chi connectivity index (χ4n) is 2.47. The number of aliphatic hydroxyl groups is 1. The lowest BCUT2D eigenvalue weighted by atomic mass is 9.75. The summed E-state index contributed by atoms with van der Waals surface area (Å²) in [4.78, 5) is 0. The summed E-state index contributed by atoms with van der Waals surface area (Å²) < 4.78 is 1.17. The van der Waals surface area contributed by atoms with Gasteiger partial charge in [0.15, 0.2) is 0 Å². The molecule has 2 N–H and O–H groups in total. The van der Waals surface area contributed by atoms with Gasteiger partial charge < -0.3 is 10.4 Å². The Morgan fingerprint density at radius 2 is 2.24 bits per heavy atom. The molecule has 0 aliphatic heterocycles. The Morgan fingerprint density at radius 1 is 1.47 bits per heavy atom. The summed E-state index contributed by atoms with van der Waals surface area (Å²) in [6.07, 6.45) is 3.27. The second-order valence-electron chi connectivity index (χ2n) is 5.00. The molecule has 94 valence electrons. The fourth-order valence-corrected chi connectivity index (χ4v) is 2.88. The zero-order valence-electron chi connectivity index (χ0n) is 10.2. The van der Waals surface area contributed by atoms with Gasteiger partial charge in [0.1, 0.15) is 0 Å². The first-order valence-electron chi connectivity index (χ1n) is 6.31. The van der Waals surface area contributed by atoms with Crippen molar-refractivity contribution in [3.05, 3.63) is 34.3 Å². The molecule has 0 amide bonds. The van der Waals surface area contributed by atoms with Crippen molar-refractivity contribution in [2.75, 3.05) is 6.61 Å². The summed E-state index contributed by atoms with van der Waals surface area (Å²) in [5.74, 6) is 0.700. The van der Waals surface area contributed by atoms with Gasteiger partial charge in [0.2, 0.25) is 0 Å². The van der Waals surface area contributed by atoms with Gasteiger partial charge >= 0.3 is 0 Å². The van der Waals surface area contributed by atoms with Gasteiger partial charge in [-0.2, -0.15) is 0 Å². The van der Waals surface area contributed by atoms with Crippen LogP contribution in [0.2, 0.25) is 0 Å². The molecule has 2 rings (SSSR count). The molecule has 0 radical (unpaired) electrons. The predicted octanol–water partition coefficient (Wildman–Crippen LogP) is 3.06. The summed E-state index contributed by atoms with van der Waals surface area (Å²) in [7, 11) is 0. The van der Waals surface area contributed by atoms with E-state index in [2.05, 4.69) is 52.4 Å². The molecule has 0 bridgehead atoms. The number of rotatable bonds is 5. The minimum absolute atomic E-state index is 0.274. The van der Waals surface area contributed by atoms with Crippen molar-refractivity contribution < 1.29 is 5.11 Å². The third-order valence-electron chi connectivity index (χ3n) is 3.54.